The van der Waals surface area contributed by atoms with Gasteiger partial charge in [0.15, 0.2) is 17.1 Å². The number of furan rings is 1. The summed E-state index contributed by atoms with van der Waals surface area (Å²) in [5.74, 6) is 2.28. The smallest absolute Gasteiger partial charge is 0.234 e. The van der Waals surface area contributed by atoms with Crippen LogP contribution in [0.5, 0.6) is 0 Å². The van der Waals surface area contributed by atoms with Crippen LogP contribution in [-0.2, 0) is 5.54 Å². The second-order valence-electron chi connectivity index (χ2n) is 14.7. The van der Waals surface area contributed by atoms with E-state index in [2.05, 4.69) is 173 Å². The molecule has 7 aromatic rings. The number of fused-ring (bicyclic) bond motifs is 4. The van der Waals surface area contributed by atoms with Gasteiger partial charge in [0.25, 0.3) is 0 Å². The Kier molecular flexibility index (Phi) is 8.14. The molecule has 6 nitrogen and oxygen atoms in total. The maximum absolute atomic E-state index is 6.70. The minimum Gasteiger partial charge on any atom is -0.454 e. The molecule has 3 unspecified atom stereocenters. The molecule has 0 bridgehead atoms. The predicted octanol–water partition coefficient (Wildman–Crippen LogP) is 10.9. The first-order valence-electron chi connectivity index (χ1n) is 18.9. The van der Waals surface area contributed by atoms with Crippen LogP contribution in [0.3, 0.4) is 0 Å². The summed E-state index contributed by atoms with van der Waals surface area (Å²) >= 11 is 4.29. The first kappa shape index (κ1) is 33.5. The van der Waals surface area contributed by atoms with Crippen LogP contribution in [0.1, 0.15) is 48.5 Å². The third-order valence-corrected chi connectivity index (χ3v) is 12.5. The predicted molar refractivity (Wildman–Crippen MR) is 227 cm³/mol. The Morgan fingerprint density at radius 3 is 2.25 bits per heavy atom. The lowest BCUT2D eigenvalue weighted by molar-refractivity contribution is 0.497. The molecule has 2 aromatic heterocycles. The van der Waals surface area contributed by atoms with Gasteiger partial charge in [-0.2, -0.15) is 9.97 Å². The van der Waals surface area contributed by atoms with E-state index >= 15 is 0 Å². The van der Waals surface area contributed by atoms with E-state index in [-0.39, 0.29) is 4.83 Å². The molecule has 0 fully saturated rings. The Labute approximate surface area is 328 Å². The number of alkyl halides is 1. The second kappa shape index (κ2) is 13.4. The fourth-order valence-corrected chi connectivity index (χ4v) is 9.31. The molecule has 3 heterocycles. The molecule has 3 atom stereocenters. The number of hydrogen-bond acceptors (Lipinski definition) is 6. The number of hydrogen-bond donors (Lipinski definition) is 0. The Bertz CT molecular complexity index is 2780. The van der Waals surface area contributed by atoms with Crippen LogP contribution in [-0.4, -0.2) is 15.0 Å². The van der Waals surface area contributed by atoms with Crippen LogP contribution in [0.4, 0.5) is 23.0 Å². The third kappa shape index (κ3) is 5.56. The van der Waals surface area contributed by atoms with Gasteiger partial charge in [-0.15, -0.1) is 0 Å². The zero-order chi connectivity index (χ0) is 37.1. The average molecular weight is 781 g/mol. The van der Waals surface area contributed by atoms with Crippen molar-refractivity contribution >= 4 is 67.3 Å². The first-order valence-corrected chi connectivity index (χ1v) is 19.8. The third-order valence-electron chi connectivity index (χ3n) is 11.2. The van der Waals surface area contributed by atoms with Crippen molar-refractivity contribution in [3.63, 3.8) is 0 Å². The average Bonchev–Trinajstić information content (AvgIpc) is 3.96. The monoisotopic (exact) mass is 779 g/mol. The number of anilines is 4. The molecule has 0 saturated heterocycles. The summed E-state index contributed by atoms with van der Waals surface area (Å²) in [6, 6.07) is 46.7. The number of para-hydroxylation sites is 2. The Morgan fingerprint density at radius 1 is 0.782 bits per heavy atom. The van der Waals surface area contributed by atoms with Gasteiger partial charge >= 0.3 is 0 Å². The number of nitrogens with zero attached hydrogens (tertiary/aromatic N) is 5. The zero-order valence-corrected chi connectivity index (χ0v) is 32.2. The molecule has 55 heavy (non-hydrogen) atoms. The van der Waals surface area contributed by atoms with Crippen molar-refractivity contribution in [2.24, 2.45) is 5.92 Å². The molecule has 10 rings (SSSR count). The van der Waals surface area contributed by atoms with Gasteiger partial charge in [-0.25, -0.2) is 4.98 Å². The number of rotatable bonds is 7. The maximum Gasteiger partial charge on any atom is 0.234 e. The molecule has 0 N–H and O–H groups in total. The largest absolute Gasteiger partial charge is 0.454 e. The highest BCUT2D eigenvalue weighted by Gasteiger charge is 2.51. The minimum atomic E-state index is -0.595. The lowest BCUT2D eigenvalue weighted by Gasteiger charge is -2.38. The topological polar surface area (TPSA) is 58.3 Å². The molecule has 0 amide bonds. The molecule has 0 saturated carbocycles. The van der Waals surface area contributed by atoms with Crippen LogP contribution in [0.25, 0.3) is 39.7 Å². The van der Waals surface area contributed by atoms with Crippen LogP contribution in [0.15, 0.2) is 156 Å². The quantitative estimate of drug-likeness (QED) is 0.150. The summed E-state index contributed by atoms with van der Waals surface area (Å²) in [6.45, 7) is 4.57. The Hall–Kier alpha value is -6.05. The number of aromatic nitrogens is 3. The normalized spacial score (nSPS) is 19.9. The molecule has 3 aliphatic rings. The van der Waals surface area contributed by atoms with Crippen molar-refractivity contribution in [1.82, 2.24) is 15.0 Å². The number of halogens is 1. The number of benzene rings is 5. The fraction of sp³-hybridized carbons (Fsp3) is 0.146. The van der Waals surface area contributed by atoms with E-state index in [1.165, 1.54) is 5.22 Å². The van der Waals surface area contributed by atoms with E-state index < -0.39 is 5.54 Å². The van der Waals surface area contributed by atoms with Gasteiger partial charge < -0.3 is 9.32 Å². The minimum absolute atomic E-state index is 0.117. The summed E-state index contributed by atoms with van der Waals surface area (Å²) in [4.78, 5) is 20.1. The second-order valence-corrected chi connectivity index (χ2v) is 15.6. The Balaban J connectivity index is 1.20. The van der Waals surface area contributed by atoms with Gasteiger partial charge in [-0.05, 0) is 73.2 Å². The summed E-state index contributed by atoms with van der Waals surface area (Å²) in [7, 11) is 0. The van der Waals surface area contributed by atoms with E-state index in [1.54, 1.807) is 0 Å². The van der Waals surface area contributed by atoms with Gasteiger partial charge in [0.05, 0.1) is 16.1 Å². The van der Waals surface area contributed by atoms with E-state index in [9.17, 15) is 0 Å². The molecule has 2 aliphatic carbocycles. The molecular formula is C48H38BrN5O. The highest BCUT2D eigenvalue weighted by atomic mass is 79.9. The molecule has 0 radical (unpaired) electrons. The summed E-state index contributed by atoms with van der Waals surface area (Å²) < 4.78 is 6.70. The standard InChI is InChI=1S/C48H38BrN5O/c1-31-28-38-37-24-14-15-25-42(37)55-43(38)41(29-31)53(35-22-10-5-11-23-35)36-26-27-40-39(30-36)44(49)48(2,34-20-8-4-9-21-34)54(40)47-51-45(32-16-6-3-7-17-32)50-46(52-47)33-18-12-13-19-33/h3-18,20-28,30-31,44H,19,29H2,1-2H3. The first-order chi connectivity index (χ1) is 27.0. The molecule has 5 aromatic carbocycles. The summed E-state index contributed by atoms with van der Waals surface area (Å²) in [5.41, 5.74) is 9.89. The highest BCUT2D eigenvalue weighted by Crippen LogP contribution is 2.59. The molecular weight excluding hydrogens is 742 g/mol. The van der Waals surface area contributed by atoms with Crippen molar-refractivity contribution in [3.05, 3.63) is 179 Å². The van der Waals surface area contributed by atoms with E-state index in [1.807, 2.05) is 24.3 Å². The van der Waals surface area contributed by atoms with Gasteiger partial charge in [0, 0.05) is 38.8 Å². The van der Waals surface area contributed by atoms with Crippen molar-refractivity contribution in [2.45, 2.75) is 37.1 Å². The number of allylic oxidation sites excluding steroid dienone is 4. The maximum atomic E-state index is 6.70. The van der Waals surface area contributed by atoms with Crippen molar-refractivity contribution in [3.8, 4) is 11.4 Å². The van der Waals surface area contributed by atoms with Gasteiger partial charge in [-0.1, -0.05) is 144 Å². The lowest BCUT2D eigenvalue weighted by atomic mass is 9.87. The fourth-order valence-electron chi connectivity index (χ4n) is 8.48. The lowest BCUT2D eigenvalue weighted by Crippen LogP contribution is -2.40. The van der Waals surface area contributed by atoms with E-state index in [0.717, 1.165) is 74.2 Å². The Morgan fingerprint density at radius 2 is 1.49 bits per heavy atom. The summed E-state index contributed by atoms with van der Waals surface area (Å²) in [5, 5.41) is 2.31. The van der Waals surface area contributed by atoms with Crippen LogP contribution >= 0.6 is 15.9 Å². The molecule has 7 heteroatoms. The van der Waals surface area contributed by atoms with Crippen molar-refractivity contribution < 1.29 is 4.42 Å². The van der Waals surface area contributed by atoms with E-state index in [0.29, 0.717) is 23.5 Å². The molecule has 1 aliphatic heterocycles. The van der Waals surface area contributed by atoms with Crippen molar-refractivity contribution in [1.29, 1.82) is 0 Å². The van der Waals surface area contributed by atoms with Gasteiger partial charge in [0.2, 0.25) is 5.95 Å². The van der Waals surface area contributed by atoms with Crippen molar-refractivity contribution in [2.75, 3.05) is 9.80 Å². The van der Waals surface area contributed by atoms with Crippen LogP contribution < -0.4 is 20.4 Å². The highest BCUT2D eigenvalue weighted by molar-refractivity contribution is 9.09. The van der Waals surface area contributed by atoms with Crippen LogP contribution in [0.2, 0.25) is 0 Å². The van der Waals surface area contributed by atoms with Gasteiger partial charge in [-0.3, -0.25) is 4.90 Å². The molecule has 268 valence electrons. The van der Waals surface area contributed by atoms with E-state index in [4.69, 9.17) is 19.4 Å². The zero-order valence-electron chi connectivity index (χ0n) is 30.6. The van der Waals surface area contributed by atoms with Gasteiger partial charge in [0.1, 0.15) is 5.58 Å². The van der Waals surface area contributed by atoms with Crippen LogP contribution in [0, 0.1) is 5.92 Å². The summed E-state index contributed by atoms with van der Waals surface area (Å²) in [6.07, 6.45) is 10.3. The molecule has 0 spiro atoms. The SMILES string of the molecule is CC1C=c2c(oc3ccccc23)=C(N(c2ccccc2)c2ccc3c(c2)C(Br)C(C)(c2ccccc2)N3c2nc(C3=CC=CC3)nc(-c3ccccc3)n2)C1.